The summed E-state index contributed by atoms with van der Waals surface area (Å²) in [7, 11) is 0. The molecule has 1 spiro atoms. The van der Waals surface area contributed by atoms with Crippen molar-refractivity contribution < 1.29 is 0 Å². The van der Waals surface area contributed by atoms with Gasteiger partial charge in [-0.3, -0.25) is 0 Å². The standard InChI is InChI=1S/C52H41NS/c1-2-8-35(9-3-1)36-14-19-41(20-15-36)53(43-23-24-46-45-11-5-7-13-50(45)54-51(46)32-43)42-21-16-37(17-22-42)38-18-25-49-47(31-38)44-10-4-6-12-48(44)52(49)39-27-33-26-34(29-39)30-40(52)28-33/h1-25,31-34,39-40H,26-30H2. The predicted octanol–water partition coefficient (Wildman–Crippen LogP) is 14.6. The fraction of sp³-hybridized carbons (Fsp3) is 0.192. The van der Waals surface area contributed by atoms with Gasteiger partial charge in [0.15, 0.2) is 0 Å². The van der Waals surface area contributed by atoms with Crippen LogP contribution in [-0.2, 0) is 5.41 Å². The van der Waals surface area contributed by atoms with Crippen molar-refractivity contribution in [2.75, 3.05) is 4.90 Å². The van der Waals surface area contributed by atoms with Crippen LogP contribution in [0.15, 0.2) is 164 Å². The number of fused-ring (bicyclic) bond motifs is 6. The number of benzene rings is 7. The lowest BCUT2D eigenvalue weighted by Gasteiger charge is -2.61. The summed E-state index contributed by atoms with van der Waals surface area (Å²) in [5, 5.41) is 2.65. The van der Waals surface area contributed by atoms with Gasteiger partial charge in [-0.05, 0) is 149 Å². The second-order valence-corrected chi connectivity index (χ2v) is 17.6. The van der Waals surface area contributed by atoms with Gasteiger partial charge in [-0.1, -0.05) is 115 Å². The van der Waals surface area contributed by atoms with E-state index in [0.29, 0.717) is 0 Å². The van der Waals surface area contributed by atoms with Crippen molar-refractivity contribution >= 4 is 48.6 Å². The Morgan fingerprint density at radius 3 is 1.70 bits per heavy atom. The Balaban J connectivity index is 0.941. The van der Waals surface area contributed by atoms with E-state index in [1.54, 1.807) is 11.1 Å². The highest BCUT2D eigenvalue weighted by molar-refractivity contribution is 7.25. The molecule has 13 rings (SSSR count). The molecule has 0 aliphatic heterocycles. The fourth-order valence-electron chi connectivity index (χ4n) is 11.9. The smallest absolute Gasteiger partial charge is 0.0476 e. The van der Waals surface area contributed by atoms with E-state index < -0.39 is 0 Å². The van der Waals surface area contributed by atoms with E-state index in [9.17, 15) is 0 Å². The summed E-state index contributed by atoms with van der Waals surface area (Å²) in [5.41, 5.74) is 15.0. The number of hydrogen-bond acceptors (Lipinski definition) is 2. The number of anilines is 3. The van der Waals surface area contributed by atoms with Crippen LogP contribution in [-0.4, -0.2) is 0 Å². The minimum atomic E-state index is 0.216. The van der Waals surface area contributed by atoms with Crippen molar-refractivity contribution in [3.8, 4) is 33.4 Å². The van der Waals surface area contributed by atoms with Crippen LogP contribution in [0.2, 0.25) is 0 Å². The van der Waals surface area contributed by atoms with Crippen LogP contribution in [0, 0.1) is 23.7 Å². The summed E-state index contributed by atoms with van der Waals surface area (Å²) in [4.78, 5) is 2.41. The Labute approximate surface area is 321 Å². The normalized spacial score (nSPS) is 23.3. The zero-order valence-corrected chi connectivity index (χ0v) is 31.1. The molecule has 0 saturated heterocycles. The zero-order chi connectivity index (χ0) is 35.4. The fourth-order valence-corrected chi connectivity index (χ4v) is 13.0. The molecule has 0 amide bonds. The lowest BCUT2D eigenvalue weighted by atomic mass is 9.43. The third kappa shape index (κ3) is 4.50. The van der Waals surface area contributed by atoms with E-state index in [4.69, 9.17) is 0 Å². The molecule has 0 atom stereocenters. The highest BCUT2D eigenvalue weighted by Gasteiger charge is 2.61. The van der Waals surface area contributed by atoms with Gasteiger partial charge in [0, 0.05) is 42.6 Å². The van der Waals surface area contributed by atoms with E-state index in [1.165, 1.54) is 91.3 Å². The van der Waals surface area contributed by atoms with Gasteiger partial charge in [-0.2, -0.15) is 0 Å². The second kappa shape index (κ2) is 11.8. The first-order chi connectivity index (χ1) is 26.7. The predicted molar refractivity (Wildman–Crippen MR) is 228 cm³/mol. The van der Waals surface area contributed by atoms with Crippen molar-refractivity contribution in [2.24, 2.45) is 23.7 Å². The Hall–Kier alpha value is -5.44. The summed E-state index contributed by atoms with van der Waals surface area (Å²) >= 11 is 1.88. The zero-order valence-electron chi connectivity index (χ0n) is 30.3. The largest absolute Gasteiger partial charge is 0.310 e. The van der Waals surface area contributed by atoms with Crippen LogP contribution >= 0.6 is 11.3 Å². The maximum Gasteiger partial charge on any atom is 0.0476 e. The molecule has 1 heterocycles. The van der Waals surface area contributed by atoms with Gasteiger partial charge in [0.25, 0.3) is 0 Å². The third-order valence-electron chi connectivity index (χ3n) is 13.9. The Kier molecular flexibility index (Phi) is 6.75. The van der Waals surface area contributed by atoms with Gasteiger partial charge in [0.1, 0.15) is 0 Å². The molecule has 8 aromatic rings. The molecule has 0 radical (unpaired) electrons. The van der Waals surface area contributed by atoms with Gasteiger partial charge in [-0.25, -0.2) is 0 Å². The molecular weight excluding hydrogens is 671 g/mol. The van der Waals surface area contributed by atoms with Crippen molar-refractivity contribution in [2.45, 2.75) is 37.5 Å². The van der Waals surface area contributed by atoms with Crippen molar-refractivity contribution in [3.05, 3.63) is 175 Å². The Bertz CT molecular complexity index is 2690. The highest BCUT2D eigenvalue weighted by Crippen LogP contribution is 2.69. The number of thiophene rings is 1. The molecule has 0 N–H and O–H groups in total. The topological polar surface area (TPSA) is 3.24 Å². The Morgan fingerprint density at radius 2 is 0.963 bits per heavy atom. The molecule has 4 fully saturated rings. The molecule has 4 saturated carbocycles. The summed E-state index contributed by atoms with van der Waals surface area (Å²) in [6.45, 7) is 0. The lowest BCUT2D eigenvalue weighted by molar-refractivity contribution is -0.0399. The molecule has 2 heteroatoms. The van der Waals surface area contributed by atoms with Crippen LogP contribution < -0.4 is 4.90 Å². The van der Waals surface area contributed by atoms with Gasteiger partial charge < -0.3 is 4.90 Å². The summed E-state index contributed by atoms with van der Waals surface area (Å²) in [6, 6.07) is 61.7. The molecule has 4 bridgehead atoms. The van der Waals surface area contributed by atoms with Gasteiger partial charge in [0.2, 0.25) is 0 Å². The van der Waals surface area contributed by atoms with Crippen LogP contribution in [0.1, 0.15) is 43.2 Å². The van der Waals surface area contributed by atoms with E-state index in [0.717, 1.165) is 35.0 Å². The van der Waals surface area contributed by atoms with Crippen molar-refractivity contribution in [1.82, 2.24) is 0 Å². The molecule has 0 unspecified atom stereocenters. The summed E-state index contributed by atoms with van der Waals surface area (Å²) < 4.78 is 2.64. The molecule has 7 aromatic carbocycles. The van der Waals surface area contributed by atoms with Gasteiger partial charge >= 0.3 is 0 Å². The first-order valence-electron chi connectivity index (χ1n) is 19.9. The van der Waals surface area contributed by atoms with Crippen LogP contribution in [0.25, 0.3) is 53.6 Å². The summed E-state index contributed by atoms with van der Waals surface area (Å²) in [5.74, 6) is 3.50. The van der Waals surface area contributed by atoms with E-state index in [1.807, 2.05) is 11.3 Å². The quantitative estimate of drug-likeness (QED) is 0.172. The summed E-state index contributed by atoms with van der Waals surface area (Å²) in [6.07, 6.45) is 7.18. The number of hydrogen-bond donors (Lipinski definition) is 0. The molecule has 1 aromatic heterocycles. The molecule has 5 aliphatic carbocycles. The third-order valence-corrected chi connectivity index (χ3v) is 15.0. The minimum absolute atomic E-state index is 0.216. The molecule has 5 aliphatic rings. The van der Waals surface area contributed by atoms with Gasteiger partial charge in [-0.15, -0.1) is 11.3 Å². The Morgan fingerprint density at radius 1 is 0.407 bits per heavy atom. The second-order valence-electron chi connectivity index (χ2n) is 16.6. The maximum atomic E-state index is 2.54. The van der Waals surface area contributed by atoms with Crippen LogP contribution in [0.4, 0.5) is 17.1 Å². The highest BCUT2D eigenvalue weighted by atomic mass is 32.1. The SMILES string of the molecule is c1ccc(-c2ccc(N(c3ccc(-c4ccc5c(c4)-c4ccccc4C54C5CC6CC(C5)CC4C6)cc3)c3ccc4c(c3)sc3ccccc34)cc2)cc1. The first kappa shape index (κ1) is 31.0. The van der Waals surface area contributed by atoms with Crippen molar-refractivity contribution in [3.63, 3.8) is 0 Å². The van der Waals surface area contributed by atoms with E-state index >= 15 is 0 Å². The first-order valence-corrected chi connectivity index (χ1v) is 20.7. The van der Waals surface area contributed by atoms with E-state index in [-0.39, 0.29) is 5.41 Å². The van der Waals surface area contributed by atoms with Gasteiger partial charge in [0.05, 0.1) is 0 Å². The van der Waals surface area contributed by atoms with E-state index in [2.05, 4.69) is 169 Å². The van der Waals surface area contributed by atoms with Crippen LogP contribution in [0.5, 0.6) is 0 Å². The lowest BCUT2D eigenvalue weighted by Crippen LogP contribution is -2.55. The molecule has 260 valence electrons. The molecule has 1 nitrogen and oxygen atoms in total. The average molecular weight is 712 g/mol. The van der Waals surface area contributed by atoms with Crippen molar-refractivity contribution in [1.29, 1.82) is 0 Å². The average Bonchev–Trinajstić information content (AvgIpc) is 3.74. The number of rotatable bonds is 5. The molecular formula is C52H41NS. The minimum Gasteiger partial charge on any atom is -0.310 e. The monoisotopic (exact) mass is 711 g/mol. The number of nitrogens with zero attached hydrogens (tertiary/aromatic N) is 1. The van der Waals surface area contributed by atoms with Crippen LogP contribution in [0.3, 0.4) is 0 Å². The molecule has 54 heavy (non-hydrogen) atoms. The maximum absolute atomic E-state index is 2.54.